The van der Waals surface area contributed by atoms with Gasteiger partial charge in [-0.3, -0.25) is 4.79 Å². The van der Waals surface area contributed by atoms with Gasteiger partial charge in [0.05, 0.1) is 11.1 Å². The highest BCUT2D eigenvalue weighted by Gasteiger charge is 2.30. The van der Waals surface area contributed by atoms with Gasteiger partial charge in [-0.1, -0.05) is 11.8 Å². The van der Waals surface area contributed by atoms with Gasteiger partial charge >= 0.3 is 6.18 Å². The molecule has 0 bridgehead atoms. The van der Waals surface area contributed by atoms with Crippen LogP contribution >= 0.6 is 0 Å². The summed E-state index contributed by atoms with van der Waals surface area (Å²) in [5.74, 6) is 5.58. The molecule has 0 spiro atoms. The van der Waals surface area contributed by atoms with Gasteiger partial charge in [0.25, 0.3) is 5.91 Å². The van der Waals surface area contributed by atoms with Crippen molar-refractivity contribution in [2.24, 2.45) is 0 Å². The maximum Gasteiger partial charge on any atom is 0.416 e. The van der Waals surface area contributed by atoms with E-state index >= 15 is 0 Å². The lowest BCUT2D eigenvalue weighted by molar-refractivity contribution is -0.137. The Bertz CT molecular complexity index is 1100. The van der Waals surface area contributed by atoms with E-state index in [0.717, 1.165) is 35.4 Å². The minimum Gasteiger partial charge on any atom is -0.368 e. The largest absolute Gasteiger partial charge is 0.416 e. The molecule has 0 saturated heterocycles. The standard InChI is InChI=1S/C21H15F3N4O/c1-13-10-18(9-6-15(13)3-2-14-11-26-20(25)27-12-14)28-19(29)16-4-7-17(8-5-16)21(22,23)24/h4-12H,1H3,(H,28,29)(H2,25,26,27). The highest BCUT2D eigenvalue weighted by Crippen LogP contribution is 2.29. The van der Waals surface area contributed by atoms with Gasteiger partial charge in [-0.15, -0.1) is 0 Å². The summed E-state index contributed by atoms with van der Waals surface area (Å²) >= 11 is 0. The zero-order valence-corrected chi connectivity index (χ0v) is 15.2. The van der Waals surface area contributed by atoms with Crippen LogP contribution in [0.15, 0.2) is 54.9 Å². The van der Waals surface area contributed by atoms with Gasteiger partial charge in [-0.05, 0) is 55.0 Å². The van der Waals surface area contributed by atoms with Crippen LogP contribution in [-0.2, 0) is 6.18 Å². The molecule has 3 rings (SSSR count). The number of anilines is 2. The summed E-state index contributed by atoms with van der Waals surface area (Å²) in [5, 5.41) is 2.66. The lowest BCUT2D eigenvalue weighted by Gasteiger charge is -2.09. The van der Waals surface area contributed by atoms with Crippen molar-refractivity contribution < 1.29 is 18.0 Å². The first kappa shape index (κ1) is 19.9. The predicted octanol–water partition coefficient (Wildman–Crippen LogP) is 4.04. The number of nitrogens with zero attached hydrogens (tertiary/aromatic N) is 2. The van der Waals surface area contributed by atoms with Crippen LogP contribution in [0, 0.1) is 18.8 Å². The summed E-state index contributed by atoms with van der Waals surface area (Å²) in [7, 11) is 0. The highest BCUT2D eigenvalue weighted by atomic mass is 19.4. The van der Waals surface area contributed by atoms with Gasteiger partial charge in [0.2, 0.25) is 5.95 Å². The van der Waals surface area contributed by atoms with Gasteiger partial charge in [0.1, 0.15) is 0 Å². The van der Waals surface area contributed by atoms with Crippen LogP contribution in [0.3, 0.4) is 0 Å². The first-order valence-electron chi connectivity index (χ1n) is 8.41. The lowest BCUT2D eigenvalue weighted by Crippen LogP contribution is -2.13. The zero-order chi connectivity index (χ0) is 21.0. The average Bonchev–Trinajstić information content (AvgIpc) is 2.68. The Hall–Kier alpha value is -3.86. The molecule has 0 unspecified atom stereocenters. The topological polar surface area (TPSA) is 80.9 Å². The number of aromatic nitrogens is 2. The molecule has 3 N–H and O–H groups in total. The number of nitrogen functional groups attached to an aromatic ring is 1. The molecular formula is C21H15F3N4O. The van der Waals surface area contributed by atoms with E-state index in [4.69, 9.17) is 5.73 Å². The van der Waals surface area contributed by atoms with E-state index in [2.05, 4.69) is 27.1 Å². The van der Waals surface area contributed by atoms with Crippen LogP contribution in [0.1, 0.15) is 32.6 Å². The average molecular weight is 396 g/mol. The van der Waals surface area contributed by atoms with Crippen LogP contribution < -0.4 is 11.1 Å². The molecule has 3 aromatic rings. The maximum atomic E-state index is 12.6. The molecule has 0 radical (unpaired) electrons. The van der Waals surface area contributed by atoms with Gasteiger partial charge in [-0.25, -0.2) is 9.97 Å². The monoisotopic (exact) mass is 396 g/mol. The summed E-state index contributed by atoms with van der Waals surface area (Å²) in [6.45, 7) is 1.83. The quantitative estimate of drug-likeness (QED) is 0.641. The number of nitrogens with two attached hydrogens (primary N) is 1. The minimum atomic E-state index is -4.44. The van der Waals surface area contributed by atoms with Crippen molar-refractivity contribution >= 4 is 17.5 Å². The van der Waals surface area contributed by atoms with E-state index in [1.165, 1.54) is 12.4 Å². The third-order valence-corrected chi connectivity index (χ3v) is 3.97. The summed E-state index contributed by atoms with van der Waals surface area (Å²) in [4.78, 5) is 20.0. The van der Waals surface area contributed by atoms with Crippen LogP contribution in [0.4, 0.5) is 24.8 Å². The van der Waals surface area contributed by atoms with Crippen LogP contribution in [-0.4, -0.2) is 15.9 Å². The van der Waals surface area contributed by atoms with Crippen molar-refractivity contribution in [2.75, 3.05) is 11.1 Å². The van der Waals surface area contributed by atoms with Gasteiger partial charge < -0.3 is 11.1 Å². The highest BCUT2D eigenvalue weighted by molar-refractivity contribution is 6.04. The molecule has 0 aliphatic heterocycles. The molecule has 0 aliphatic carbocycles. The van der Waals surface area contributed by atoms with Crippen molar-refractivity contribution in [2.45, 2.75) is 13.1 Å². The van der Waals surface area contributed by atoms with Crippen LogP contribution in [0.25, 0.3) is 0 Å². The van der Waals surface area contributed by atoms with Crippen molar-refractivity contribution in [3.63, 3.8) is 0 Å². The summed E-state index contributed by atoms with van der Waals surface area (Å²) in [5.41, 5.74) is 7.43. The van der Waals surface area contributed by atoms with Crippen molar-refractivity contribution in [1.82, 2.24) is 9.97 Å². The summed E-state index contributed by atoms with van der Waals surface area (Å²) < 4.78 is 37.8. The molecule has 2 aromatic carbocycles. The fourth-order valence-electron chi connectivity index (χ4n) is 2.44. The number of rotatable bonds is 2. The smallest absolute Gasteiger partial charge is 0.368 e. The van der Waals surface area contributed by atoms with Crippen LogP contribution in [0.2, 0.25) is 0 Å². The third-order valence-electron chi connectivity index (χ3n) is 3.97. The second-order valence-corrected chi connectivity index (χ2v) is 6.14. The Kier molecular flexibility index (Phi) is 5.50. The Labute approximate surface area is 164 Å². The Morgan fingerprint density at radius 1 is 1.03 bits per heavy atom. The molecule has 5 nitrogen and oxygen atoms in total. The van der Waals surface area contributed by atoms with Crippen molar-refractivity contribution in [3.8, 4) is 11.8 Å². The molecule has 1 heterocycles. The number of hydrogen-bond acceptors (Lipinski definition) is 4. The number of carbonyl (C=O) groups excluding carboxylic acids is 1. The summed E-state index contributed by atoms with van der Waals surface area (Å²) in [6, 6.07) is 9.16. The molecule has 0 fully saturated rings. The first-order valence-corrected chi connectivity index (χ1v) is 8.41. The van der Waals surface area contributed by atoms with Crippen LogP contribution in [0.5, 0.6) is 0 Å². The Morgan fingerprint density at radius 3 is 2.28 bits per heavy atom. The second-order valence-electron chi connectivity index (χ2n) is 6.14. The molecular weight excluding hydrogens is 381 g/mol. The number of amides is 1. The predicted molar refractivity (Wildman–Crippen MR) is 103 cm³/mol. The molecule has 1 aromatic heterocycles. The first-order chi connectivity index (χ1) is 13.7. The molecule has 1 amide bonds. The van der Waals surface area contributed by atoms with Crippen molar-refractivity contribution in [1.29, 1.82) is 0 Å². The number of carbonyl (C=O) groups is 1. The Balaban J connectivity index is 1.72. The number of alkyl halides is 3. The number of nitrogens with one attached hydrogen (secondary N) is 1. The van der Waals surface area contributed by atoms with Crippen molar-refractivity contribution in [3.05, 3.63) is 82.7 Å². The number of benzene rings is 2. The van der Waals surface area contributed by atoms with E-state index in [0.29, 0.717) is 11.3 Å². The van der Waals surface area contributed by atoms with E-state index in [-0.39, 0.29) is 11.5 Å². The number of halogens is 3. The molecule has 29 heavy (non-hydrogen) atoms. The molecule has 0 atom stereocenters. The third kappa shape index (κ3) is 5.11. The molecule has 0 aliphatic rings. The van der Waals surface area contributed by atoms with E-state index in [9.17, 15) is 18.0 Å². The lowest BCUT2D eigenvalue weighted by atomic mass is 10.1. The van der Waals surface area contributed by atoms with Gasteiger partial charge in [-0.2, -0.15) is 13.2 Å². The van der Waals surface area contributed by atoms with E-state index < -0.39 is 17.6 Å². The molecule has 0 saturated carbocycles. The fraction of sp³-hybridized carbons (Fsp3) is 0.0952. The minimum absolute atomic E-state index is 0.128. The van der Waals surface area contributed by atoms with E-state index in [1.54, 1.807) is 18.2 Å². The summed E-state index contributed by atoms with van der Waals surface area (Å²) in [6.07, 6.45) is -1.41. The SMILES string of the molecule is Cc1cc(NC(=O)c2ccc(C(F)(F)F)cc2)ccc1C#Cc1cnc(N)nc1. The molecule has 146 valence electrons. The second kappa shape index (κ2) is 8.02. The number of aryl methyl sites for hydroxylation is 1. The fourth-order valence-corrected chi connectivity index (χ4v) is 2.44. The van der Waals surface area contributed by atoms with Gasteiger partial charge in [0.15, 0.2) is 0 Å². The zero-order valence-electron chi connectivity index (χ0n) is 15.2. The Morgan fingerprint density at radius 2 is 1.69 bits per heavy atom. The maximum absolute atomic E-state index is 12.6. The van der Waals surface area contributed by atoms with Gasteiger partial charge in [0, 0.05) is 29.2 Å². The normalized spacial score (nSPS) is 10.8. The number of hydrogen-bond donors (Lipinski definition) is 2. The molecule has 8 heteroatoms. The van der Waals surface area contributed by atoms with E-state index in [1.807, 2.05) is 6.92 Å².